The van der Waals surface area contributed by atoms with Gasteiger partial charge in [0.05, 0.1) is 16.5 Å². The number of hydrogen-bond donors (Lipinski definition) is 0. The summed E-state index contributed by atoms with van der Waals surface area (Å²) in [4.78, 5) is 11.2. The maximum Gasteiger partial charge on any atom is 0.310 e. The normalized spacial score (nSPS) is 23.9. The molecule has 2 atom stereocenters. The summed E-state index contributed by atoms with van der Waals surface area (Å²) in [6.45, 7) is 0. The van der Waals surface area contributed by atoms with E-state index in [-0.39, 0.29) is 11.3 Å². The van der Waals surface area contributed by atoms with E-state index in [1.165, 1.54) is 6.07 Å². The third kappa shape index (κ3) is 3.35. The average molecular weight is 401 g/mol. The minimum Gasteiger partial charge on any atom is -0.486 e. The molecule has 10 heteroatoms. The Morgan fingerprint density at radius 3 is 2.63 bits per heavy atom. The predicted octanol–water partition coefficient (Wildman–Crippen LogP) is 2.83. The number of alkyl halides is 3. The highest BCUT2D eigenvalue weighted by Gasteiger charge is 2.56. The number of carbonyl (C=O) groups is 1. The van der Waals surface area contributed by atoms with Crippen LogP contribution in [0.3, 0.4) is 0 Å². The van der Waals surface area contributed by atoms with Crippen LogP contribution in [0.1, 0.15) is 12.0 Å². The molecule has 0 aromatic heterocycles. The Bertz CT molecular complexity index is 1020. The lowest BCUT2D eigenvalue weighted by Crippen LogP contribution is -2.29. The molecule has 5 nitrogen and oxygen atoms in total. The minimum atomic E-state index is -4.56. The highest BCUT2D eigenvalue weighted by Crippen LogP contribution is 2.47. The molecule has 2 aliphatic rings. The molecule has 0 N–H and O–H groups in total. The van der Waals surface area contributed by atoms with Gasteiger partial charge in [-0.2, -0.15) is 14.0 Å². The third-order valence-electron chi connectivity index (χ3n) is 4.27. The molecule has 1 saturated carbocycles. The lowest BCUT2D eigenvalue weighted by Gasteiger charge is -2.26. The molecule has 0 bridgehead atoms. The van der Waals surface area contributed by atoms with Gasteiger partial charge in [0.15, 0.2) is 6.01 Å². The van der Waals surface area contributed by atoms with Gasteiger partial charge < -0.3 is 4.74 Å². The van der Waals surface area contributed by atoms with Gasteiger partial charge in [0.25, 0.3) is 0 Å². The number of halogens is 4. The van der Waals surface area contributed by atoms with Gasteiger partial charge in [0, 0.05) is 24.0 Å². The number of ketones is 1. The van der Waals surface area contributed by atoms with Crippen LogP contribution in [-0.2, 0) is 14.6 Å². The van der Waals surface area contributed by atoms with Crippen molar-refractivity contribution >= 4 is 15.6 Å². The van der Waals surface area contributed by atoms with Gasteiger partial charge in [-0.05, 0) is 24.3 Å². The van der Waals surface area contributed by atoms with E-state index in [1.807, 2.05) is 0 Å². The van der Waals surface area contributed by atoms with E-state index >= 15 is 0 Å². The van der Waals surface area contributed by atoms with Gasteiger partial charge in [-0.3, -0.25) is 4.79 Å². The van der Waals surface area contributed by atoms with Crippen LogP contribution >= 0.6 is 0 Å². The van der Waals surface area contributed by atoms with Crippen LogP contribution in [0.25, 0.3) is 0 Å². The fourth-order valence-corrected chi connectivity index (χ4v) is 4.10. The molecule has 0 heterocycles. The zero-order valence-electron chi connectivity index (χ0n) is 13.5. The molecule has 0 saturated heterocycles. The average Bonchev–Trinajstić information content (AvgIpc) is 2.85. The van der Waals surface area contributed by atoms with Crippen LogP contribution < -0.4 is 4.74 Å². The highest BCUT2D eigenvalue weighted by atomic mass is 32.2. The van der Waals surface area contributed by atoms with Crippen LogP contribution in [0.15, 0.2) is 40.8 Å². The molecule has 142 valence electrons. The van der Waals surface area contributed by atoms with Crippen molar-refractivity contribution < 1.29 is 35.5 Å². The second kappa shape index (κ2) is 6.49. The topological polar surface area (TPSA) is 84.2 Å². The zero-order valence-corrected chi connectivity index (χ0v) is 14.3. The summed E-state index contributed by atoms with van der Waals surface area (Å²) in [6, 6.07) is 2.89. The van der Waals surface area contributed by atoms with Crippen molar-refractivity contribution in [3.8, 4) is 11.8 Å². The van der Waals surface area contributed by atoms with Gasteiger partial charge in [-0.1, -0.05) is 0 Å². The Balaban J connectivity index is 2.03. The first-order valence-corrected chi connectivity index (χ1v) is 9.25. The summed E-state index contributed by atoms with van der Waals surface area (Å²) in [5.41, 5.74) is -0.795. The van der Waals surface area contributed by atoms with Gasteiger partial charge in [-0.25, -0.2) is 17.2 Å². The van der Waals surface area contributed by atoms with Crippen LogP contribution in [-0.4, -0.2) is 32.2 Å². The molecule has 1 aromatic rings. The summed E-state index contributed by atoms with van der Waals surface area (Å²) in [7, 11) is -4.56. The Morgan fingerprint density at radius 2 is 2.00 bits per heavy atom. The van der Waals surface area contributed by atoms with Crippen molar-refractivity contribution in [2.75, 3.05) is 6.01 Å². The van der Waals surface area contributed by atoms with E-state index < -0.39 is 62.3 Å². The van der Waals surface area contributed by atoms with Crippen molar-refractivity contribution in [2.24, 2.45) is 5.92 Å². The maximum absolute atomic E-state index is 13.9. The number of allylic oxidation sites excluding steroid dienone is 1. The molecule has 0 radical (unpaired) electrons. The van der Waals surface area contributed by atoms with Crippen molar-refractivity contribution in [1.82, 2.24) is 0 Å². The molecule has 1 fully saturated rings. The van der Waals surface area contributed by atoms with Crippen LogP contribution in [0, 0.1) is 23.1 Å². The van der Waals surface area contributed by atoms with Gasteiger partial charge >= 0.3 is 5.92 Å². The van der Waals surface area contributed by atoms with Crippen LogP contribution in [0.5, 0.6) is 5.75 Å². The second-order valence-corrected chi connectivity index (χ2v) is 7.96. The third-order valence-corrected chi connectivity index (χ3v) is 5.59. The number of sulfone groups is 1. The Labute approximate surface area is 151 Å². The number of benzene rings is 1. The maximum atomic E-state index is 13.9. The second-order valence-electron chi connectivity index (χ2n) is 6.07. The summed E-state index contributed by atoms with van der Waals surface area (Å²) in [6.07, 6.45) is -0.302. The van der Waals surface area contributed by atoms with E-state index in [2.05, 4.69) is 0 Å². The van der Waals surface area contributed by atoms with E-state index in [1.54, 1.807) is 6.07 Å². The SMILES string of the molecule is N#Cc1cc(F)cc(OC2C=CC(S(=O)(=O)CF)=C3C(=O)C(F)(F)CC32)c1. The minimum absolute atomic E-state index is 0.0749. The molecule has 3 rings (SSSR count). The molecule has 0 aliphatic heterocycles. The molecular formula is C17H11F4NO4S. The van der Waals surface area contributed by atoms with Crippen molar-refractivity contribution in [3.05, 3.63) is 52.2 Å². The van der Waals surface area contributed by atoms with E-state index in [0.717, 1.165) is 24.3 Å². The van der Waals surface area contributed by atoms with E-state index in [4.69, 9.17) is 10.00 Å². The molecule has 1 aromatic carbocycles. The molecule has 0 amide bonds. The number of nitrogens with zero attached hydrogens (tertiary/aromatic N) is 1. The quantitative estimate of drug-likeness (QED) is 0.725. The Hall–Kier alpha value is -2.67. The number of carbonyl (C=O) groups excluding carboxylic acids is 1. The van der Waals surface area contributed by atoms with Crippen LogP contribution in [0.2, 0.25) is 0 Å². The molecular weight excluding hydrogens is 390 g/mol. The van der Waals surface area contributed by atoms with Crippen molar-refractivity contribution in [1.29, 1.82) is 5.26 Å². The summed E-state index contributed by atoms with van der Waals surface area (Å²) >= 11 is 0. The Morgan fingerprint density at radius 1 is 1.30 bits per heavy atom. The molecule has 27 heavy (non-hydrogen) atoms. The largest absolute Gasteiger partial charge is 0.486 e. The first kappa shape index (κ1) is 19.1. The molecule has 2 aliphatic carbocycles. The molecule has 0 spiro atoms. The lowest BCUT2D eigenvalue weighted by molar-refractivity contribution is -0.135. The number of nitriles is 1. The van der Waals surface area contributed by atoms with Crippen LogP contribution in [0.4, 0.5) is 17.6 Å². The van der Waals surface area contributed by atoms with Gasteiger partial charge in [0.1, 0.15) is 17.7 Å². The fourth-order valence-electron chi connectivity index (χ4n) is 3.12. The number of rotatable bonds is 4. The fraction of sp³-hybridized carbons (Fsp3) is 0.294. The summed E-state index contributed by atoms with van der Waals surface area (Å²) in [5, 5.41) is 8.86. The van der Waals surface area contributed by atoms with Gasteiger partial charge in [-0.15, -0.1) is 0 Å². The predicted molar refractivity (Wildman–Crippen MR) is 84.7 cm³/mol. The summed E-state index contributed by atoms with van der Waals surface area (Å²) < 4.78 is 83.4. The number of Topliss-reactive ketones (excluding diaryl/α,β-unsaturated/α-hetero) is 1. The first-order valence-electron chi connectivity index (χ1n) is 7.60. The number of fused-ring (bicyclic) bond motifs is 1. The standard InChI is InChI=1S/C17H11F4NO4S/c18-8-27(24,25)14-2-1-13(12-6-17(20,21)16(23)15(12)14)26-11-4-9(7-22)3-10(19)5-11/h1-5,12-13H,6,8H2. The molecule has 2 unspecified atom stereocenters. The number of ether oxygens (including phenoxy) is 1. The monoisotopic (exact) mass is 401 g/mol. The van der Waals surface area contributed by atoms with Crippen molar-refractivity contribution in [3.63, 3.8) is 0 Å². The Kier molecular flexibility index (Phi) is 4.59. The van der Waals surface area contributed by atoms with E-state index in [9.17, 15) is 30.8 Å². The zero-order chi connectivity index (χ0) is 20.0. The summed E-state index contributed by atoms with van der Waals surface area (Å²) in [5.74, 6) is -7.84. The highest BCUT2D eigenvalue weighted by molar-refractivity contribution is 7.95. The van der Waals surface area contributed by atoms with E-state index in [0.29, 0.717) is 0 Å². The van der Waals surface area contributed by atoms with Gasteiger partial charge in [0.2, 0.25) is 15.6 Å². The first-order chi connectivity index (χ1) is 12.6. The lowest BCUT2D eigenvalue weighted by atomic mass is 9.91. The van der Waals surface area contributed by atoms with Crippen molar-refractivity contribution in [2.45, 2.75) is 18.4 Å². The smallest absolute Gasteiger partial charge is 0.310 e. The number of hydrogen-bond acceptors (Lipinski definition) is 5.